The summed E-state index contributed by atoms with van der Waals surface area (Å²) in [7, 11) is 0. The van der Waals surface area contributed by atoms with Crippen molar-refractivity contribution < 1.29 is 4.79 Å². The van der Waals surface area contributed by atoms with Gasteiger partial charge in [0, 0.05) is 0 Å². The van der Waals surface area contributed by atoms with Gasteiger partial charge in [0.1, 0.15) is 6.33 Å². The zero-order chi connectivity index (χ0) is 8.55. The number of imidazole rings is 1. The Kier molecular flexibility index (Phi) is 1.46. The molecule has 62 valence electrons. The smallest absolute Gasteiger partial charge is 0.324 e. The molecular formula is C8H9N3O. The third-order valence-corrected chi connectivity index (χ3v) is 1.96. The minimum absolute atomic E-state index is 0.459. The number of carbonyl (C=O) groups excluding carboxylic acids is 1. The zero-order valence-corrected chi connectivity index (χ0v) is 6.53. The molecule has 0 unspecified atom stereocenters. The quantitative estimate of drug-likeness (QED) is 0.614. The van der Waals surface area contributed by atoms with Gasteiger partial charge in [0.05, 0.1) is 11.4 Å². The first kappa shape index (κ1) is 7.09. The van der Waals surface area contributed by atoms with E-state index in [-0.39, 0.29) is 0 Å². The van der Waals surface area contributed by atoms with Crippen molar-refractivity contribution in [3.8, 4) is 0 Å². The van der Waals surface area contributed by atoms with Gasteiger partial charge in [-0.3, -0.25) is 4.57 Å². The Balaban J connectivity index is 2.53. The minimum Gasteiger partial charge on any atom is -0.351 e. The maximum atomic E-state index is 10.9. The van der Waals surface area contributed by atoms with Crippen molar-refractivity contribution in [2.45, 2.75) is 12.8 Å². The number of fused-ring (bicyclic) bond motifs is 1. The van der Waals surface area contributed by atoms with Gasteiger partial charge in [-0.1, -0.05) is 6.08 Å². The number of hydrogen-bond donors (Lipinski definition) is 1. The third-order valence-electron chi connectivity index (χ3n) is 1.96. The lowest BCUT2D eigenvalue weighted by Gasteiger charge is -2.06. The second-order valence-electron chi connectivity index (χ2n) is 2.73. The van der Waals surface area contributed by atoms with Crippen LogP contribution in [0.2, 0.25) is 0 Å². The molecule has 12 heavy (non-hydrogen) atoms. The fraction of sp³-hybridized carbons (Fsp3) is 0.250. The predicted molar refractivity (Wildman–Crippen MR) is 44.6 cm³/mol. The van der Waals surface area contributed by atoms with Gasteiger partial charge in [0.15, 0.2) is 0 Å². The molecule has 0 aromatic carbocycles. The molecule has 0 bridgehead atoms. The first-order chi connectivity index (χ1) is 5.79. The number of primary amides is 1. The van der Waals surface area contributed by atoms with E-state index in [1.165, 1.54) is 10.9 Å². The molecule has 1 aromatic rings. The van der Waals surface area contributed by atoms with Crippen LogP contribution in [0.3, 0.4) is 0 Å². The van der Waals surface area contributed by atoms with Gasteiger partial charge in [0.2, 0.25) is 0 Å². The first-order valence-electron chi connectivity index (χ1n) is 3.81. The number of amides is 1. The molecule has 1 aliphatic rings. The molecule has 0 radical (unpaired) electrons. The highest BCUT2D eigenvalue weighted by atomic mass is 16.2. The number of hydrogen-bond acceptors (Lipinski definition) is 2. The highest BCUT2D eigenvalue weighted by Crippen LogP contribution is 2.16. The maximum absolute atomic E-state index is 10.9. The molecule has 0 atom stereocenters. The molecule has 1 heterocycles. The van der Waals surface area contributed by atoms with E-state index in [4.69, 9.17) is 5.73 Å². The molecule has 2 N–H and O–H groups in total. The molecule has 1 amide bonds. The third kappa shape index (κ3) is 0.922. The van der Waals surface area contributed by atoms with Crippen molar-refractivity contribution in [3.05, 3.63) is 23.8 Å². The van der Waals surface area contributed by atoms with Gasteiger partial charge in [-0.25, -0.2) is 9.78 Å². The summed E-state index contributed by atoms with van der Waals surface area (Å²) in [6.45, 7) is 0. The largest absolute Gasteiger partial charge is 0.351 e. The number of rotatable bonds is 0. The van der Waals surface area contributed by atoms with Crippen LogP contribution in [0.4, 0.5) is 4.79 Å². The number of nitrogens with zero attached hydrogens (tertiary/aromatic N) is 2. The van der Waals surface area contributed by atoms with Crippen LogP contribution in [0, 0.1) is 0 Å². The molecular weight excluding hydrogens is 154 g/mol. The van der Waals surface area contributed by atoms with Gasteiger partial charge >= 0.3 is 6.03 Å². The average molecular weight is 163 g/mol. The van der Waals surface area contributed by atoms with Crippen molar-refractivity contribution in [2.75, 3.05) is 0 Å². The summed E-state index contributed by atoms with van der Waals surface area (Å²) >= 11 is 0. The minimum atomic E-state index is -0.459. The Hall–Kier alpha value is -1.58. The molecule has 0 saturated carbocycles. The first-order valence-corrected chi connectivity index (χ1v) is 3.81. The van der Waals surface area contributed by atoms with Gasteiger partial charge in [0.25, 0.3) is 0 Å². The summed E-state index contributed by atoms with van der Waals surface area (Å²) in [6, 6.07) is -0.459. The van der Waals surface area contributed by atoms with Crippen molar-refractivity contribution in [2.24, 2.45) is 5.73 Å². The Morgan fingerprint density at radius 3 is 3.25 bits per heavy atom. The van der Waals surface area contributed by atoms with Gasteiger partial charge in [-0.15, -0.1) is 0 Å². The van der Waals surface area contributed by atoms with Crippen LogP contribution in [0.5, 0.6) is 0 Å². The van der Waals surface area contributed by atoms with Crippen LogP contribution < -0.4 is 5.73 Å². The number of allylic oxidation sites excluding steroid dienone is 1. The molecule has 0 saturated heterocycles. The van der Waals surface area contributed by atoms with Crippen LogP contribution in [-0.4, -0.2) is 15.6 Å². The maximum Gasteiger partial charge on any atom is 0.324 e. The summed E-state index contributed by atoms with van der Waals surface area (Å²) in [6.07, 6.45) is 7.22. The summed E-state index contributed by atoms with van der Waals surface area (Å²) < 4.78 is 1.40. The van der Waals surface area contributed by atoms with E-state index >= 15 is 0 Å². The molecule has 0 aliphatic heterocycles. The Morgan fingerprint density at radius 2 is 2.50 bits per heavy atom. The van der Waals surface area contributed by atoms with E-state index < -0.39 is 6.03 Å². The molecule has 0 fully saturated rings. The van der Waals surface area contributed by atoms with E-state index in [2.05, 4.69) is 4.98 Å². The van der Waals surface area contributed by atoms with Crippen LogP contribution in [0.1, 0.15) is 17.8 Å². The van der Waals surface area contributed by atoms with E-state index in [0.29, 0.717) is 0 Å². The van der Waals surface area contributed by atoms with Crippen LogP contribution in [-0.2, 0) is 6.42 Å². The Labute approximate surface area is 69.7 Å². The monoisotopic (exact) mass is 163 g/mol. The molecule has 4 nitrogen and oxygen atoms in total. The van der Waals surface area contributed by atoms with Crippen LogP contribution >= 0.6 is 0 Å². The predicted octanol–water partition coefficient (Wildman–Crippen LogP) is 0.769. The number of nitrogens with two attached hydrogens (primary N) is 1. The van der Waals surface area contributed by atoms with Crippen molar-refractivity contribution in [3.63, 3.8) is 0 Å². The molecule has 4 heteroatoms. The molecule has 1 aromatic heterocycles. The summed E-state index contributed by atoms with van der Waals surface area (Å²) in [5, 5.41) is 0. The second-order valence-corrected chi connectivity index (χ2v) is 2.73. The van der Waals surface area contributed by atoms with E-state index in [1.807, 2.05) is 12.2 Å². The zero-order valence-electron chi connectivity index (χ0n) is 6.53. The van der Waals surface area contributed by atoms with Gasteiger partial charge in [-0.2, -0.15) is 0 Å². The van der Waals surface area contributed by atoms with Crippen LogP contribution in [0.15, 0.2) is 12.4 Å². The van der Waals surface area contributed by atoms with Crippen molar-refractivity contribution in [1.82, 2.24) is 9.55 Å². The fourth-order valence-electron chi connectivity index (χ4n) is 1.38. The topological polar surface area (TPSA) is 60.9 Å². The van der Waals surface area contributed by atoms with Gasteiger partial charge in [-0.05, 0) is 18.9 Å². The van der Waals surface area contributed by atoms with E-state index in [9.17, 15) is 4.79 Å². The summed E-state index contributed by atoms with van der Waals surface area (Å²) in [5.41, 5.74) is 6.92. The Bertz CT molecular complexity index is 351. The highest BCUT2D eigenvalue weighted by molar-refractivity contribution is 5.76. The Morgan fingerprint density at radius 1 is 1.67 bits per heavy atom. The number of aromatic nitrogens is 2. The summed E-state index contributed by atoms with van der Waals surface area (Å²) in [4.78, 5) is 14.9. The van der Waals surface area contributed by atoms with Crippen molar-refractivity contribution >= 4 is 12.1 Å². The molecule has 1 aliphatic carbocycles. The van der Waals surface area contributed by atoms with E-state index in [0.717, 1.165) is 24.2 Å². The lowest BCUT2D eigenvalue weighted by Crippen LogP contribution is -2.21. The van der Waals surface area contributed by atoms with Crippen molar-refractivity contribution in [1.29, 1.82) is 0 Å². The molecule has 0 spiro atoms. The van der Waals surface area contributed by atoms with Crippen LogP contribution in [0.25, 0.3) is 6.08 Å². The second kappa shape index (κ2) is 2.48. The normalized spacial score (nSPS) is 14.3. The van der Waals surface area contributed by atoms with E-state index in [1.54, 1.807) is 0 Å². The number of carbonyl (C=O) groups is 1. The fourth-order valence-corrected chi connectivity index (χ4v) is 1.38. The SMILES string of the molecule is NC(=O)n1cnc2c1CCC=C2. The molecule has 2 rings (SSSR count). The average Bonchev–Trinajstić information content (AvgIpc) is 2.47. The van der Waals surface area contributed by atoms with Gasteiger partial charge < -0.3 is 5.73 Å². The standard InChI is InChI=1S/C8H9N3O/c9-8(12)11-5-10-6-3-1-2-4-7(6)11/h1,3,5H,2,4H2,(H2,9,12). The lowest BCUT2D eigenvalue weighted by molar-refractivity contribution is 0.249. The lowest BCUT2D eigenvalue weighted by atomic mass is 10.1. The summed E-state index contributed by atoms with van der Waals surface area (Å²) in [5.74, 6) is 0. The highest BCUT2D eigenvalue weighted by Gasteiger charge is 2.13.